The Hall–Kier alpha value is -0.280. The first-order valence-corrected chi connectivity index (χ1v) is 7.15. The summed E-state index contributed by atoms with van der Waals surface area (Å²) in [6, 6.07) is 0.0895. The number of hydrogen-bond donors (Lipinski definition) is 2. The summed E-state index contributed by atoms with van der Waals surface area (Å²) < 4.78 is 0. The molecule has 0 aromatic carbocycles. The smallest absolute Gasteiger partial charge is 0.237 e. The minimum Gasteiger partial charge on any atom is -0.351 e. The zero-order chi connectivity index (χ0) is 12.5. The van der Waals surface area contributed by atoms with Gasteiger partial charge in [-0.3, -0.25) is 4.79 Å². The van der Waals surface area contributed by atoms with E-state index in [0.717, 1.165) is 6.42 Å². The Labute approximate surface area is 117 Å². The summed E-state index contributed by atoms with van der Waals surface area (Å²) in [4.78, 5) is 12.0. The van der Waals surface area contributed by atoms with E-state index in [2.05, 4.69) is 12.2 Å². The Morgan fingerprint density at radius 1 is 1.39 bits per heavy atom. The molecule has 0 aromatic heterocycles. The molecular formula is C14H27ClN2O. The zero-order valence-electron chi connectivity index (χ0n) is 11.6. The molecule has 3 nitrogen and oxygen atoms in total. The summed E-state index contributed by atoms with van der Waals surface area (Å²) in [5.41, 5.74) is 6.41. The first kappa shape index (κ1) is 15.8. The van der Waals surface area contributed by atoms with Gasteiger partial charge in [0.05, 0.1) is 6.04 Å². The molecule has 2 saturated carbocycles. The SMILES string of the molecule is CCC(C)C(N)C(=O)NC1CC12CCCCC2.Cl. The van der Waals surface area contributed by atoms with E-state index in [-0.39, 0.29) is 30.3 Å². The standard InChI is InChI=1S/C14H26N2O.ClH/c1-3-10(2)12(15)13(17)16-11-9-14(11)7-5-4-6-8-14;/h10-12H,3-9,15H2,1-2H3,(H,16,17);1H. The van der Waals surface area contributed by atoms with Crippen molar-refractivity contribution < 1.29 is 4.79 Å². The molecule has 2 rings (SSSR count). The van der Waals surface area contributed by atoms with E-state index in [4.69, 9.17) is 5.73 Å². The van der Waals surface area contributed by atoms with Crippen LogP contribution >= 0.6 is 12.4 Å². The second-order valence-corrected chi connectivity index (χ2v) is 6.10. The Kier molecular flexibility index (Phi) is 5.47. The molecule has 0 radical (unpaired) electrons. The third kappa shape index (κ3) is 3.18. The highest BCUT2D eigenvalue weighted by atomic mass is 35.5. The first-order chi connectivity index (χ1) is 8.09. The molecule has 0 saturated heterocycles. The minimum absolute atomic E-state index is 0. The van der Waals surface area contributed by atoms with Crippen LogP contribution in [0.2, 0.25) is 0 Å². The number of rotatable bonds is 4. The van der Waals surface area contributed by atoms with E-state index in [9.17, 15) is 4.79 Å². The van der Waals surface area contributed by atoms with Gasteiger partial charge in [-0.1, -0.05) is 39.5 Å². The normalized spacial score (nSPS) is 28.1. The molecule has 0 bridgehead atoms. The first-order valence-electron chi connectivity index (χ1n) is 7.15. The average molecular weight is 275 g/mol. The van der Waals surface area contributed by atoms with Crippen molar-refractivity contribution in [1.29, 1.82) is 0 Å². The second-order valence-electron chi connectivity index (χ2n) is 6.10. The lowest BCUT2D eigenvalue weighted by atomic mass is 9.85. The van der Waals surface area contributed by atoms with Crippen molar-refractivity contribution >= 4 is 18.3 Å². The number of carbonyl (C=O) groups excluding carboxylic acids is 1. The molecule has 2 fully saturated rings. The number of hydrogen-bond acceptors (Lipinski definition) is 2. The van der Waals surface area contributed by atoms with Gasteiger partial charge in [-0.25, -0.2) is 0 Å². The molecule has 4 heteroatoms. The van der Waals surface area contributed by atoms with Crippen molar-refractivity contribution in [1.82, 2.24) is 5.32 Å². The van der Waals surface area contributed by atoms with Crippen LogP contribution in [0.3, 0.4) is 0 Å². The van der Waals surface area contributed by atoms with Gasteiger partial charge < -0.3 is 11.1 Å². The highest BCUT2D eigenvalue weighted by Gasteiger charge is 2.54. The van der Waals surface area contributed by atoms with E-state index in [1.165, 1.54) is 38.5 Å². The van der Waals surface area contributed by atoms with Gasteiger partial charge in [0, 0.05) is 6.04 Å². The van der Waals surface area contributed by atoms with Crippen LogP contribution in [0.5, 0.6) is 0 Å². The minimum atomic E-state index is -0.332. The van der Waals surface area contributed by atoms with Crippen LogP contribution in [0.25, 0.3) is 0 Å². The summed E-state index contributed by atoms with van der Waals surface area (Å²) in [6.45, 7) is 4.13. The van der Waals surface area contributed by atoms with Crippen molar-refractivity contribution in [2.45, 2.75) is 70.9 Å². The highest BCUT2D eigenvalue weighted by molar-refractivity contribution is 5.85. The summed E-state index contributed by atoms with van der Waals surface area (Å²) in [6.07, 6.45) is 8.80. The van der Waals surface area contributed by atoms with Crippen LogP contribution in [-0.4, -0.2) is 18.0 Å². The van der Waals surface area contributed by atoms with Crippen molar-refractivity contribution in [3.8, 4) is 0 Å². The van der Waals surface area contributed by atoms with Crippen LogP contribution in [0.15, 0.2) is 0 Å². The molecule has 3 atom stereocenters. The van der Waals surface area contributed by atoms with E-state index < -0.39 is 0 Å². The zero-order valence-corrected chi connectivity index (χ0v) is 12.4. The Bertz CT molecular complexity index is 290. The Morgan fingerprint density at radius 2 is 2.00 bits per heavy atom. The summed E-state index contributed by atoms with van der Waals surface area (Å²) in [5, 5.41) is 3.17. The second kappa shape index (κ2) is 6.25. The number of nitrogens with one attached hydrogen (secondary N) is 1. The third-order valence-corrected chi connectivity index (χ3v) is 4.92. The van der Waals surface area contributed by atoms with Crippen LogP contribution in [0.4, 0.5) is 0 Å². The summed E-state index contributed by atoms with van der Waals surface area (Å²) in [5.74, 6) is 0.336. The lowest BCUT2D eigenvalue weighted by molar-refractivity contribution is -0.123. The molecule has 3 N–H and O–H groups in total. The van der Waals surface area contributed by atoms with Gasteiger partial charge in [-0.2, -0.15) is 0 Å². The van der Waals surface area contributed by atoms with Crippen molar-refractivity contribution in [2.75, 3.05) is 0 Å². The van der Waals surface area contributed by atoms with E-state index in [1.807, 2.05) is 6.92 Å². The fourth-order valence-electron chi connectivity index (χ4n) is 3.14. The topological polar surface area (TPSA) is 55.1 Å². The molecule has 0 aliphatic heterocycles. The highest BCUT2D eigenvalue weighted by Crippen LogP contribution is 2.56. The predicted molar refractivity (Wildman–Crippen MR) is 76.7 cm³/mol. The molecule has 2 aliphatic rings. The monoisotopic (exact) mass is 274 g/mol. The molecule has 1 spiro atoms. The summed E-state index contributed by atoms with van der Waals surface area (Å²) in [7, 11) is 0. The number of amides is 1. The molecule has 18 heavy (non-hydrogen) atoms. The fourth-order valence-corrected chi connectivity index (χ4v) is 3.14. The molecule has 0 aromatic rings. The number of carbonyl (C=O) groups is 1. The lowest BCUT2D eigenvalue weighted by Crippen LogP contribution is -2.46. The van der Waals surface area contributed by atoms with Gasteiger partial charge >= 0.3 is 0 Å². The average Bonchev–Trinajstić information content (AvgIpc) is 2.99. The maximum atomic E-state index is 12.0. The Balaban J connectivity index is 0.00000162. The van der Waals surface area contributed by atoms with Crippen LogP contribution in [-0.2, 0) is 4.79 Å². The molecule has 106 valence electrons. The van der Waals surface area contributed by atoms with Crippen molar-refractivity contribution in [3.05, 3.63) is 0 Å². The van der Waals surface area contributed by atoms with E-state index in [0.29, 0.717) is 11.5 Å². The fraction of sp³-hybridized carbons (Fsp3) is 0.929. The Morgan fingerprint density at radius 3 is 2.56 bits per heavy atom. The maximum absolute atomic E-state index is 12.0. The molecule has 3 unspecified atom stereocenters. The molecule has 2 aliphatic carbocycles. The van der Waals surface area contributed by atoms with Gasteiger partial charge in [-0.15, -0.1) is 12.4 Å². The summed E-state index contributed by atoms with van der Waals surface area (Å²) >= 11 is 0. The predicted octanol–water partition coefficient (Wildman–Crippen LogP) is 2.62. The van der Waals surface area contributed by atoms with Crippen molar-refractivity contribution in [3.63, 3.8) is 0 Å². The molecule has 0 heterocycles. The van der Waals surface area contributed by atoms with E-state index >= 15 is 0 Å². The van der Waals surface area contributed by atoms with Gasteiger partial charge in [-0.05, 0) is 30.6 Å². The molecule has 1 amide bonds. The maximum Gasteiger partial charge on any atom is 0.237 e. The van der Waals surface area contributed by atoms with Gasteiger partial charge in [0.15, 0.2) is 0 Å². The number of halogens is 1. The van der Waals surface area contributed by atoms with Crippen molar-refractivity contribution in [2.24, 2.45) is 17.1 Å². The largest absolute Gasteiger partial charge is 0.351 e. The lowest BCUT2D eigenvalue weighted by Gasteiger charge is -2.24. The van der Waals surface area contributed by atoms with Crippen LogP contribution < -0.4 is 11.1 Å². The van der Waals surface area contributed by atoms with Gasteiger partial charge in [0.1, 0.15) is 0 Å². The van der Waals surface area contributed by atoms with Crippen LogP contribution in [0, 0.1) is 11.3 Å². The van der Waals surface area contributed by atoms with Gasteiger partial charge in [0.25, 0.3) is 0 Å². The number of nitrogens with two attached hydrogens (primary N) is 1. The van der Waals surface area contributed by atoms with Gasteiger partial charge in [0.2, 0.25) is 5.91 Å². The van der Waals surface area contributed by atoms with E-state index in [1.54, 1.807) is 0 Å². The quantitative estimate of drug-likeness (QED) is 0.828. The van der Waals surface area contributed by atoms with Crippen LogP contribution in [0.1, 0.15) is 58.8 Å². The third-order valence-electron chi connectivity index (χ3n) is 4.92. The molecular weight excluding hydrogens is 248 g/mol.